The second kappa shape index (κ2) is 1.72. The molecule has 1 aliphatic heterocycles. The third-order valence-corrected chi connectivity index (χ3v) is 1.49. The quantitative estimate of drug-likeness (QED) is 0.429. The average molecular weight is 131 g/mol. The Morgan fingerprint density at radius 3 is 2.80 bits per heavy atom. The maximum Gasteiger partial charge on any atom is 0.367 e. The zero-order valence-electron chi connectivity index (χ0n) is 5.41. The lowest BCUT2D eigenvalue weighted by atomic mass is 10.3. The molecule has 0 radical (unpaired) electrons. The monoisotopic (exact) mass is 131 g/mol. The summed E-state index contributed by atoms with van der Waals surface area (Å²) in [5, 5.41) is 2.08. The molecule has 1 aromatic carbocycles. The fourth-order valence-corrected chi connectivity index (χ4v) is 1.04. The topological polar surface area (TPSA) is 40.1 Å². The Hall–Kier alpha value is -1.53. The molecular formula is C8H7N2+. The van der Waals surface area contributed by atoms with Crippen LogP contribution in [0.1, 0.15) is 0 Å². The average Bonchev–Trinajstić information content (AvgIpc) is 2.27. The van der Waals surface area contributed by atoms with Gasteiger partial charge in [-0.25, -0.2) is 4.67 Å². The number of hydrogen-bond acceptors (Lipinski definition) is 1. The van der Waals surface area contributed by atoms with Crippen molar-refractivity contribution in [2.45, 2.75) is 0 Å². The van der Waals surface area contributed by atoms with Gasteiger partial charge in [0, 0.05) is 11.3 Å². The van der Waals surface area contributed by atoms with Crippen molar-refractivity contribution in [1.29, 1.82) is 0 Å². The first-order valence-electron chi connectivity index (χ1n) is 3.14. The highest BCUT2D eigenvalue weighted by molar-refractivity contribution is 6.07. The fraction of sp³-hybridized carbons (Fsp3) is 0. The zero-order valence-corrected chi connectivity index (χ0v) is 5.41. The van der Waals surface area contributed by atoms with Crippen LogP contribution < -0.4 is 21.0 Å². The third kappa shape index (κ3) is 0.634. The van der Waals surface area contributed by atoms with Gasteiger partial charge in [0.15, 0.2) is 0 Å². The van der Waals surface area contributed by atoms with E-state index in [0.717, 1.165) is 10.6 Å². The van der Waals surface area contributed by atoms with Crippen LogP contribution in [0.5, 0.6) is 0 Å². The Kier molecular flexibility index (Phi) is 0.908. The minimum Gasteiger partial charge on any atom is -0.273 e. The van der Waals surface area contributed by atoms with Crippen molar-refractivity contribution in [3.63, 3.8) is 0 Å². The highest BCUT2D eigenvalue weighted by Crippen LogP contribution is 1.71. The van der Waals surface area contributed by atoms with Crippen LogP contribution in [-0.4, -0.2) is 5.84 Å². The van der Waals surface area contributed by atoms with Gasteiger partial charge in [0.2, 0.25) is 5.36 Å². The van der Waals surface area contributed by atoms with E-state index in [1.54, 1.807) is 0 Å². The Bertz CT molecular complexity index is 411. The third-order valence-electron chi connectivity index (χ3n) is 1.49. The number of nitrogens with two attached hydrogens (primary N) is 1. The smallest absolute Gasteiger partial charge is 0.273 e. The molecule has 0 atom stereocenters. The van der Waals surface area contributed by atoms with Crippen molar-refractivity contribution >= 4 is 11.9 Å². The van der Waals surface area contributed by atoms with Crippen LogP contribution in [0.15, 0.2) is 24.3 Å². The predicted octanol–water partition coefficient (Wildman–Crippen LogP) is -1.48. The van der Waals surface area contributed by atoms with Gasteiger partial charge in [-0.15, -0.1) is 0 Å². The van der Waals surface area contributed by atoms with Crippen molar-refractivity contribution in [3.8, 4) is 0 Å². The standard InChI is InChI=1S/C8H6N2/c9-8-5-6-3-1-2-4-7(6)10-8/h1-5,9H/p+1. The van der Waals surface area contributed by atoms with E-state index in [2.05, 4.69) is 4.67 Å². The summed E-state index contributed by atoms with van der Waals surface area (Å²) in [5.74, 6) is 0.598. The summed E-state index contributed by atoms with van der Waals surface area (Å²) in [4.78, 5) is 0. The van der Waals surface area contributed by atoms with Crippen molar-refractivity contribution in [1.82, 2.24) is 4.67 Å². The number of benzene rings is 1. The van der Waals surface area contributed by atoms with Gasteiger partial charge in [-0.3, -0.25) is 5.73 Å². The van der Waals surface area contributed by atoms with Crippen LogP contribution in [0.25, 0.3) is 6.08 Å². The van der Waals surface area contributed by atoms with Gasteiger partial charge in [-0.1, -0.05) is 12.1 Å². The van der Waals surface area contributed by atoms with E-state index in [-0.39, 0.29) is 0 Å². The number of rotatable bonds is 0. The van der Waals surface area contributed by atoms with E-state index in [9.17, 15) is 0 Å². The van der Waals surface area contributed by atoms with Gasteiger partial charge in [0.25, 0.3) is 0 Å². The molecule has 2 rings (SSSR count). The molecule has 2 heteroatoms. The largest absolute Gasteiger partial charge is 0.367 e. The molecular weight excluding hydrogens is 124 g/mol. The van der Waals surface area contributed by atoms with E-state index in [4.69, 9.17) is 5.73 Å². The summed E-state index contributed by atoms with van der Waals surface area (Å²) in [6, 6.07) is 7.88. The van der Waals surface area contributed by atoms with Gasteiger partial charge >= 0.3 is 5.84 Å². The van der Waals surface area contributed by atoms with Crippen molar-refractivity contribution in [2.24, 2.45) is 5.73 Å². The molecule has 0 amide bonds. The normalized spacial score (nSPS) is 13.0. The number of para-hydroxylation sites is 1. The second-order valence-electron chi connectivity index (χ2n) is 2.24. The van der Waals surface area contributed by atoms with Crippen molar-refractivity contribution in [2.75, 3.05) is 0 Å². The SMILES string of the molecule is NC1=[N+]=c2ccccc2=C1. The molecule has 0 aliphatic carbocycles. The van der Waals surface area contributed by atoms with Gasteiger partial charge in [-0.05, 0) is 6.07 Å². The molecule has 1 aromatic rings. The lowest BCUT2D eigenvalue weighted by Crippen LogP contribution is -2.22. The molecule has 0 bridgehead atoms. The van der Waals surface area contributed by atoms with Crippen LogP contribution in [-0.2, 0) is 0 Å². The molecule has 2 N–H and O–H groups in total. The highest BCUT2D eigenvalue weighted by atomic mass is 14.8. The zero-order chi connectivity index (χ0) is 6.97. The van der Waals surface area contributed by atoms with E-state index in [1.807, 2.05) is 30.3 Å². The lowest BCUT2D eigenvalue weighted by molar-refractivity contribution is 1.34. The summed E-state index contributed by atoms with van der Waals surface area (Å²) in [6.45, 7) is 0. The fourth-order valence-electron chi connectivity index (χ4n) is 1.04. The molecule has 10 heavy (non-hydrogen) atoms. The summed E-state index contributed by atoms with van der Waals surface area (Å²) >= 11 is 0. The second-order valence-corrected chi connectivity index (χ2v) is 2.24. The summed E-state index contributed by atoms with van der Waals surface area (Å²) in [6.07, 6.45) is 1.87. The van der Waals surface area contributed by atoms with E-state index in [0.29, 0.717) is 5.84 Å². The maximum atomic E-state index is 5.48. The van der Waals surface area contributed by atoms with E-state index in [1.165, 1.54) is 0 Å². The molecule has 0 saturated carbocycles. The Morgan fingerprint density at radius 1 is 1.20 bits per heavy atom. The number of nitrogens with zero attached hydrogens (tertiary/aromatic N) is 1. The molecule has 0 fully saturated rings. The number of fused-ring (bicyclic) bond motifs is 1. The summed E-state index contributed by atoms with van der Waals surface area (Å²) in [7, 11) is 0. The van der Waals surface area contributed by atoms with Crippen LogP contribution in [0.4, 0.5) is 0 Å². The Labute approximate surface area is 58.0 Å². The molecule has 0 aromatic heterocycles. The first-order chi connectivity index (χ1) is 4.86. The van der Waals surface area contributed by atoms with Gasteiger partial charge in [-0.2, -0.15) is 0 Å². The van der Waals surface area contributed by atoms with Crippen molar-refractivity contribution < 1.29 is 0 Å². The van der Waals surface area contributed by atoms with Crippen LogP contribution in [0.2, 0.25) is 0 Å². The van der Waals surface area contributed by atoms with E-state index < -0.39 is 0 Å². The molecule has 48 valence electrons. The minimum absolute atomic E-state index is 0.598. The first kappa shape index (κ1) is 5.27. The molecule has 2 nitrogen and oxygen atoms in total. The maximum absolute atomic E-state index is 5.48. The molecule has 0 unspecified atom stereocenters. The minimum atomic E-state index is 0.598. The van der Waals surface area contributed by atoms with Crippen LogP contribution in [0, 0.1) is 0 Å². The van der Waals surface area contributed by atoms with Crippen LogP contribution in [0.3, 0.4) is 0 Å². The highest BCUT2D eigenvalue weighted by Gasteiger charge is 2.02. The first-order valence-corrected chi connectivity index (χ1v) is 3.14. The Morgan fingerprint density at radius 2 is 2.00 bits per heavy atom. The molecule has 0 spiro atoms. The lowest BCUT2D eigenvalue weighted by Gasteiger charge is -1.72. The van der Waals surface area contributed by atoms with Gasteiger partial charge in [0.1, 0.15) is 0 Å². The summed E-state index contributed by atoms with van der Waals surface area (Å²) in [5.41, 5.74) is 5.48. The van der Waals surface area contributed by atoms with Crippen molar-refractivity contribution in [3.05, 3.63) is 34.8 Å². The number of hydrogen-bond donors (Lipinski definition) is 1. The molecule has 1 aliphatic rings. The van der Waals surface area contributed by atoms with E-state index >= 15 is 0 Å². The number of amidine groups is 1. The van der Waals surface area contributed by atoms with Crippen LogP contribution >= 0.6 is 0 Å². The summed E-state index contributed by atoms with van der Waals surface area (Å²) < 4.78 is 4.09. The molecule has 0 saturated heterocycles. The predicted molar refractivity (Wildman–Crippen MR) is 40.6 cm³/mol. The Balaban J connectivity index is 2.99. The van der Waals surface area contributed by atoms with Gasteiger partial charge in [0.05, 0.1) is 6.08 Å². The van der Waals surface area contributed by atoms with Gasteiger partial charge < -0.3 is 0 Å². The molecule has 1 heterocycles.